The van der Waals surface area contributed by atoms with Crippen molar-refractivity contribution < 1.29 is 9.47 Å². The predicted octanol–water partition coefficient (Wildman–Crippen LogP) is 2.98. The van der Waals surface area contributed by atoms with Crippen LogP contribution < -0.4 is 5.73 Å². The largest absolute Gasteiger partial charge is 0.383 e. The second-order valence-corrected chi connectivity index (χ2v) is 5.80. The second-order valence-electron chi connectivity index (χ2n) is 4.95. The molecule has 0 saturated heterocycles. The molecule has 0 aliphatic rings. The third-order valence-corrected chi connectivity index (χ3v) is 4.04. The highest BCUT2D eigenvalue weighted by atomic mass is 35.5. The Labute approximate surface area is 137 Å². The van der Waals surface area contributed by atoms with Crippen molar-refractivity contribution in [2.75, 3.05) is 40.5 Å². The third-order valence-electron chi connectivity index (χ3n) is 3.47. The molecular weight excluding hydrogens is 311 g/mol. The molecule has 2 N–H and O–H groups in total. The van der Waals surface area contributed by atoms with E-state index in [0.717, 1.165) is 12.1 Å². The van der Waals surface area contributed by atoms with Gasteiger partial charge in [0.2, 0.25) is 0 Å². The van der Waals surface area contributed by atoms with Crippen LogP contribution in [-0.4, -0.2) is 51.5 Å². The fraction of sp³-hybridized carbons (Fsp3) is 0.600. The van der Waals surface area contributed by atoms with Crippen molar-refractivity contribution in [2.45, 2.75) is 19.0 Å². The van der Waals surface area contributed by atoms with Gasteiger partial charge in [0.05, 0.1) is 13.2 Å². The first-order valence-corrected chi connectivity index (χ1v) is 7.69. The first-order chi connectivity index (χ1) is 10.0. The number of methoxy groups -OCH3 is 2. The van der Waals surface area contributed by atoms with Gasteiger partial charge in [-0.3, -0.25) is 4.90 Å². The van der Waals surface area contributed by atoms with Crippen molar-refractivity contribution in [1.29, 1.82) is 0 Å². The van der Waals surface area contributed by atoms with Crippen LogP contribution in [0.1, 0.15) is 18.5 Å². The summed E-state index contributed by atoms with van der Waals surface area (Å²) in [5.74, 6) is 0. The molecule has 1 rings (SSSR count). The standard InChI is InChI=1S/C15H24Cl2N2O2/c1-11(10-21-3)19(6-7-20-2)15(9-18)13-5-4-12(16)8-14(13)17/h4-5,8,11,15H,6-7,9-10,18H2,1-3H3. The van der Waals surface area contributed by atoms with Gasteiger partial charge in [-0.2, -0.15) is 0 Å². The Kier molecular flexibility index (Phi) is 8.56. The molecule has 0 spiro atoms. The topological polar surface area (TPSA) is 47.7 Å². The number of rotatable bonds is 9. The maximum atomic E-state index is 6.33. The number of halogens is 2. The maximum absolute atomic E-state index is 6.33. The summed E-state index contributed by atoms with van der Waals surface area (Å²) in [7, 11) is 3.38. The Morgan fingerprint density at radius 2 is 1.95 bits per heavy atom. The molecule has 0 aliphatic carbocycles. The monoisotopic (exact) mass is 334 g/mol. The number of hydrogen-bond acceptors (Lipinski definition) is 4. The maximum Gasteiger partial charge on any atom is 0.0615 e. The van der Waals surface area contributed by atoms with E-state index in [2.05, 4.69) is 11.8 Å². The summed E-state index contributed by atoms with van der Waals surface area (Å²) in [5.41, 5.74) is 6.98. The fourth-order valence-electron chi connectivity index (χ4n) is 2.43. The first kappa shape index (κ1) is 18.7. The molecule has 2 unspecified atom stereocenters. The molecule has 1 aromatic rings. The van der Waals surface area contributed by atoms with Gasteiger partial charge in [-0.15, -0.1) is 0 Å². The Bertz CT molecular complexity index is 432. The molecule has 0 aromatic heterocycles. The van der Waals surface area contributed by atoms with Crippen LogP contribution in [-0.2, 0) is 9.47 Å². The average molecular weight is 335 g/mol. The molecule has 0 fully saturated rings. The van der Waals surface area contributed by atoms with Crippen molar-refractivity contribution in [1.82, 2.24) is 4.90 Å². The Hall–Kier alpha value is -0.360. The van der Waals surface area contributed by atoms with Gasteiger partial charge in [0, 0.05) is 49.4 Å². The van der Waals surface area contributed by atoms with Crippen molar-refractivity contribution in [2.24, 2.45) is 5.73 Å². The molecule has 120 valence electrons. The molecule has 0 aliphatic heterocycles. The van der Waals surface area contributed by atoms with E-state index in [-0.39, 0.29) is 12.1 Å². The lowest BCUT2D eigenvalue weighted by molar-refractivity contribution is 0.0487. The van der Waals surface area contributed by atoms with Crippen LogP contribution in [0.25, 0.3) is 0 Å². The minimum Gasteiger partial charge on any atom is -0.383 e. The second kappa shape index (κ2) is 9.62. The molecule has 0 bridgehead atoms. The summed E-state index contributed by atoms with van der Waals surface area (Å²) >= 11 is 12.3. The molecule has 21 heavy (non-hydrogen) atoms. The highest BCUT2D eigenvalue weighted by Gasteiger charge is 2.25. The van der Waals surface area contributed by atoms with Crippen molar-refractivity contribution in [3.8, 4) is 0 Å². The van der Waals surface area contributed by atoms with E-state index < -0.39 is 0 Å². The van der Waals surface area contributed by atoms with Gasteiger partial charge in [0.25, 0.3) is 0 Å². The van der Waals surface area contributed by atoms with E-state index in [1.807, 2.05) is 12.1 Å². The fourth-order valence-corrected chi connectivity index (χ4v) is 2.96. The zero-order valence-electron chi connectivity index (χ0n) is 12.8. The van der Waals surface area contributed by atoms with Gasteiger partial charge in [-0.25, -0.2) is 0 Å². The summed E-state index contributed by atoms with van der Waals surface area (Å²) in [5, 5.41) is 1.25. The summed E-state index contributed by atoms with van der Waals surface area (Å²) in [4.78, 5) is 2.25. The Morgan fingerprint density at radius 1 is 1.24 bits per heavy atom. The molecule has 0 radical (unpaired) electrons. The number of nitrogens with zero attached hydrogens (tertiary/aromatic N) is 1. The predicted molar refractivity (Wildman–Crippen MR) is 88.2 cm³/mol. The lowest BCUT2D eigenvalue weighted by Gasteiger charge is -2.36. The van der Waals surface area contributed by atoms with Crippen LogP contribution in [0.4, 0.5) is 0 Å². The molecule has 4 nitrogen and oxygen atoms in total. The van der Waals surface area contributed by atoms with Gasteiger partial charge >= 0.3 is 0 Å². The Balaban J connectivity index is 3.04. The molecule has 2 atom stereocenters. The van der Waals surface area contributed by atoms with Gasteiger partial charge < -0.3 is 15.2 Å². The number of hydrogen-bond donors (Lipinski definition) is 1. The summed E-state index contributed by atoms with van der Waals surface area (Å²) in [6, 6.07) is 5.71. The van der Waals surface area contributed by atoms with Gasteiger partial charge in [0.1, 0.15) is 0 Å². The minimum atomic E-state index is -0.00457. The summed E-state index contributed by atoms with van der Waals surface area (Å²) in [6.45, 7) is 4.55. The van der Waals surface area contributed by atoms with Gasteiger partial charge in [0.15, 0.2) is 0 Å². The van der Waals surface area contributed by atoms with Crippen molar-refractivity contribution >= 4 is 23.2 Å². The molecular formula is C15H24Cl2N2O2. The normalized spacial score (nSPS) is 14.4. The lowest BCUT2D eigenvalue weighted by atomic mass is 10.0. The summed E-state index contributed by atoms with van der Waals surface area (Å²) in [6.07, 6.45) is 0. The number of nitrogens with two attached hydrogens (primary N) is 1. The van der Waals surface area contributed by atoms with Crippen LogP contribution in [0.2, 0.25) is 10.0 Å². The summed E-state index contributed by atoms with van der Waals surface area (Å²) < 4.78 is 10.5. The molecule has 0 amide bonds. The van der Waals surface area contributed by atoms with E-state index in [0.29, 0.717) is 29.8 Å². The molecule has 0 saturated carbocycles. The SMILES string of the molecule is COCCN(C(C)COC)C(CN)c1ccc(Cl)cc1Cl. The number of benzene rings is 1. The minimum absolute atomic E-state index is 0.00457. The van der Waals surface area contributed by atoms with E-state index in [4.69, 9.17) is 38.4 Å². The quantitative estimate of drug-likeness (QED) is 0.754. The Morgan fingerprint density at radius 3 is 2.48 bits per heavy atom. The molecule has 6 heteroatoms. The van der Waals surface area contributed by atoms with Gasteiger partial charge in [-0.1, -0.05) is 29.3 Å². The van der Waals surface area contributed by atoms with Crippen molar-refractivity contribution in [3.63, 3.8) is 0 Å². The van der Waals surface area contributed by atoms with Gasteiger partial charge in [-0.05, 0) is 24.6 Å². The average Bonchev–Trinajstić information content (AvgIpc) is 2.45. The number of ether oxygens (including phenoxy) is 2. The highest BCUT2D eigenvalue weighted by molar-refractivity contribution is 6.35. The first-order valence-electron chi connectivity index (χ1n) is 6.93. The van der Waals surface area contributed by atoms with Crippen LogP contribution in [0, 0.1) is 0 Å². The van der Waals surface area contributed by atoms with Crippen LogP contribution in [0.15, 0.2) is 18.2 Å². The molecule has 0 heterocycles. The van der Waals surface area contributed by atoms with Crippen LogP contribution >= 0.6 is 23.2 Å². The third kappa shape index (κ3) is 5.40. The zero-order chi connectivity index (χ0) is 15.8. The van der Waals surface area contributed by atoms with E-state index in [9.17, 15) is 0 Å². The van der Waals surface area contributed by atoms with Crippen molar-refractivity contribution in [3.05, 3.63) is 33.8 Å². The van der Waals surface area contributed by atoms with E-state index >= 15 is 0 Å². The van der Waals surface area contributed by atoms with Crippen LogP contribution in [0.3, 0.4) is 0 Å². The lowest BCUT2D eigenvalue weighted by Crippen LogP contribution is -2.44. The zero-order valence-corrected chi connectivity index (χ0v) is 14.3. The van der Waals surface area contributed by atoms with E-state index in [1.165, 1.54) is 0 Å². The van der Waals surface area contributed by atoms with E-state index in [1.54, 1.807) is 20.3 Å². The van der Waals surface area contributed by atoms with Crippen LogP contribution in [0.5, 0.6) is 0 Å². The smallest absolute Gasteiger partial charge is 0.0615 e. The molecule has 1 aromatic carbocycles. The highest BCUT2D eigenvalue weighted by Crippen LogP contribution is 2.30.